The van der Waals surface area contributed by atoms with E-state index in [0.717, 1.165) is 12.5 Å². The zero-order valence-corrected chi connectivity index (χ0v) is 9.94. The van der Waals surface area contributed by atoms with E-state index in [9.17, 15) is 14.0 Å². The Morgan fingerprint density at radius 3 is 2.67 bits per heavy atom. The fraction of sp³-hybridized carbons (Fsp3) is 0.385. The van der Waals surface area contributed by atoms with Crippen molar-refractivity contribution in [1.29, 1.82) is 0 Å². The molecule has 4 nitrogen and oxygen atoms in total. The summed E-state index contributed by atoms with van der Waals surface area (Å²) in [4.78, 5) is 22.3. The number of halogens is 1. The minimum Gasteiger partial charge on any atom is -0.478 e. The molecule has 2 unspecified atom stereocenters. The summed E-state index contributed by atoms with van der Waals surface area (Å²) in [5.41, 5.74) is -0.284. The van der Waals surface area contributed by atoms with Crippen LogP contribution in [-0.2, 0) is 0 Å². The summed E-state index contributed by atoms with van der Waals surface area (Å²) >= 11 is 0. The molecule has 2 rings (SSSR count). The van der Waals surface area contributed by atoms with Gasteiger partial charge in [0.15, 0.2) is 0 Å². The van der Waals surface area contributed by atoms with Gasteiger partial charge in [-0.3, -0.25) is 4.79 Å². The van der Waals surface area contributed by atoms with Crippen molar-refractivity contribution in [2.75, 3.05) is 6.54 Å². The summed E-state index contributed by atoms with van der Waals surface area (Å²) in [6.07, 6.45) is 1.08. The molecule has 0 bridgehead atoms. The van der Waals surface area contributed by atoms with Crippen LogP contribution in [0.25, 0.3) is 0 Å². The maximum Gasteiger partial charge on any atom is 0.335 e. The standard InChI is InChI=1S/C13H14FNO3/c1-7-4-9(7)6-15-12(16)10-3-2-8(13(17)18)5-11(10)14/h2-3,5,7,9H,4,6H2,1H3,(H,15,16)(H,17,18). The summed E-state index contributed by atoms with van der Waals surface area (Å²) in [5.74, 6) is -1.42. The average molecular weight is 251 g/mol. The molecule has 18 heavy (non-hydrogen) atoms. The normalized spacial score (nSPS) is 21.4. The number of carbonyl (C=O) groups is 2. The maximum absolute atomic E-state index is 13.6. The molecule has 1 aliphatic rings. The number of carboxylic acids is 1. The van der Waals surface area contributed by atoms with Crippen LogP contribution < -0.4 is 5.32 Å². The highest BCUT2D eigenvalue weighted by atomic mass is 19.1. The average Bonchev–Trinajstić information content (AvgIpc) is 3.02. The van der Waals surface area contributed by atoms with E-state index < -0.39 is 17.7 Å². The van der Waals surface area contributed by atoms with Crippen molar-refractivity contribution >= 4 is 11.9 Å². The molecular weight excluding hydrogens is 237 g/mol. The SMILES string of the molecule is CC1CC1CNC(=O)c1ccc(C(=O)O)cc1F. The first-order chi connectivity index (χ1) is 8.49. The molecule has 0 heterocycles. The second-order valence-electron chi connectivity index (χ2n) is 4.68. The molecule has 0 spiro atoms. The van der Waals surface area contributed by atoms with Gasteiger partial charge >= 0.3 is 5.97 Å². The van der Waals surface area contributed by atoms with Gasteiger partial charge in [0.2, 0.25) is 0 Å². The molecule has 1 aliphatic carbocycles. The van der Waals surface area contributed by atoms with Crippen LogP contribution in [0.4, 0.5) is 4.39 Å². The van der Waals surface area contributed by atoms with Crippen LogP contribution in [0.5, 0.6) is 0 Å². The van der Waals surface area contributed by atoms with E-state index in [1.807, 2.05) is 0 Å². The van der Waals surface area contributed by atoms with Gasteiger partial charge in [-0.1, -0.05) is 6.92 Å². The molecule has 0 radical (unpaired) electrons. The lowest BCUT2D eigenvalue weighted by Crippen LogP contribution is -2.26. The molecule has 1 aromatic carbocycles. The van der Waals surface area contributed by atoms with E-state index in [1.165, 1.54) is 12.1 Å². The Morgan fingerprint density at radius 1 is 1.50 bits per heavy atom. The van der Waals surface area contributed by atoms with E-state index in [1.54, 1.807) is 0 Å². The predicted molar refractivity (Wildman–Crippen MR) is 63.0 cm³/mol. The smallest absolute Gasteiger partial charge is 0.335 e. The second-order valence-corrected chi connectivity index (χ2v) is 4.68. The van der Waals surface area contributed by atoms with E-state index in [4.69, 9.17) is 5.11 Å². The van der Waals surface area contributed by atoms with Crippen molar-refractivity contribution < 1.29 is 19.1 Å². The Morgan fingerprint density at radius 2 is 2.17 bits per heavy atom. The van der Waals surface area contributed by atoms with Crippen LogP contribution in [-0.4, -0.2) is 23.5 Å². The number of hydrogen-bond donors (Lipinski definition) is 2. The van der Waals surface area contributed by atoms with Crippen LogP contribution in [0, 0.1) is 17.7 Å². The van der Waals surface area contributed by atoms with Crippen molar-refractivity contribution in [1.82, 2.24) is 5.32 Å². The van der Waals surface area contributed by atoms with Crippen LogP contribution in [0.3, 0.4) is 0 Å². The molecule has 1 saturated carbocycles. The van der Waals surface area contributed by atoms with Crippen molar-refractivity contribution in [3.63, 3.8) is 0 Å². The molecule has 1 fully saturated rings. The summed E-state index contributed by atoms with van der Waals surface area (Å²) in [5, 5.41) is 11.3. The topological polar surface area (TPSA) is 66.4 Å². The van der Waals surface area contributed by atoms with Gasteiger partial charge in [-0.25, -0.2) is 9.18 Å². The third kappa shape index (κ3) is 2.67. The fourth-order valence-electron chi connectivity index (χ4n) is 1.83. The lowest BCUT2D eigenvalue weighted by Gasteiger charge is -2.06. The molecule has 1 aromatic rings. The third-order valence-corrected chi connectivity index (χ3v) is 3.26. The molecule has 2 N–H and O–H groups in total. The minimum absolute atomic E-state index is 0.117. The summed E-state index contributed by atoms with van der Waals surface area (Å²) in [6, 6.07) is 3.28. The molecular formula is C13H14FNO3. The Labute approximate surface area is 104 Å². The summed E-state index contributed by atoms with van der Waals surface area (Å²) < 4.78 is 13.6. The van der Waals surface area contributed by atoms with E-state index >= 15 is 0 Å². The Balaban J connectivity index is 2.03. The Hall–Kier alpha value is -1.91. The summed E-state index contributed by atoms with van der Waals surface area (Å²) in [7, 11) is 0. The van der Waals surface area contributed by atoms with Crippen LogP contribution >= 0.6 is 0 Å². The van der Waals surface area contributed by atoms with Crippen molar-refractivity contribution in [2.45, 2.75) is 13.3 Å². The largest absolute Gasteiger partial charge is 0.478 e. The first-order valence-corrected chi connectivity index (χ1v) is 5.80. The zero-order valence-electron chi connectivity index (χ0n) is 9.94. The minimum atomic E-state index is -1.22. The molecule has 0 saturated heterocycles. The highest BCUT2D eigenvalue weighted by molar-refractivity contribution is 5.96. The van der Waals surface area contributed by atoms with Crippen molar-refractivity contribution in [2.24, 2.45) is 11.8 Å². The van der Waals surface area contributed by atoms with Crippen LogP contribution in [0.1, 0.15) is 34.1 Å². The quantitative estimate of drug-likeness (QED) is 0.859. The van der Waals surface area contributed by atoms with E-state index in [0.29, 0.717) is 18.4 Å². The van der Waals surface area contributed by atoms with Gasteiger partial charge in [0, 0.05) is 6.54 Å². The van der Waals surface area contributed by atoms with E-state index in [2.05, 4.69) is 12.2 Å². The van der Waals surface area contributed by atoms with Gasteiger partial charge < -0.3 is 10.4 Å². The fourth-order valence-corrected chi connectivity index (χ4v) is 1.83. The number of rotatable bonds is 4. The number of nitrogens with one attached hydrogen (secondary N) is 1. The number of hydrogen-bond acceptors (Lipinski definition) is 2. The van der Waals surface area contributed by atoms with Gasteiger partial charge in [0.25, 0.3) is 5.91 Å². The molecule has 0 aliphatic heterocycles. The van der Waals surface area contributed by atoms with Crippen LogP contribution in [0.15, 0.2) is 18.2 Å². The second kappa shape index (κ2) is 4.76. The Bertz CT molecular complexity index is 501. The number of carbonyl (C=O) groups excluding carboxylic acids is 1. The maximum atomic E-state index is 13.6. The van der Waals surface area contributed by atoms with Gasteiger partial charge in [-0.2, -0.15) is 0 Å². The van der Waals surface area contributed by atoms with Gasteiger partial charge in [-0.15, -0.1) is 0 Å². The third-order valence-electron chi connectivity index (χ3n) is 3.26. The first kappa shape index (κ1) is 12.5. The number of benzene rings is 1. The Kier molecular flexibility index (Phi) is 3.32. The van der Waals surface area contributed by atoms with Crippen molar-refractivity contribution in [3.05, 3.63) is 35.1 Å². The van der Waals surface area contributed by atoms with E-state index in [-0.39, 0.29) is 11.1 Å². The lowest BCUT2D eigenvalue weighted by molar-refractivity contribution is 0.0695. The number of aromatic carboxylic acids is 1. The molecule has 96 valence electrons. The number of amides is 1. The molecule has 5 heteroatoms. The first-order valence-electron chi connectivity index (χ1n) is 5.80. The monoisotopic (exact) mass is 251 g/mol. The molecule has 0 aromatic heterocycles. The summed E-state index contributed by atoms with van der Waals surface area (Å²) in [6.45, 7) is 2.64. The van der Waals surface area contributed by atoms with Crippen LogP contribution in [0.2, 0.25) is 0 Å². The molecule has 2 atom stereocenters. The predicted octanol–water partition coefficient (Wildman–Crippen LogP) is 1.91. The van der Waals surface area contributed by atoms with Gasteiger partial charge in [0.05, 0.1) is 11.1 Å². The highest BCUT2D eigenvalue weighted by Gasteiger charge is 2.32. The molecule has 1 amide bonds. The highest BCUT2D eigenvalue weighted by Crippen LogP contribution is 2.36. The van der Waals surface area contributed by atoms with Gasteiger partial charge in [0.1, 0.15) is 5.82 Å². The number of carboxylic acid groups (broad SMARTS) is 1. The van der Waals surface area contributed by atoms with Gasteiger partial charge in [-0.05, 0) is 36.5 Å². The lowest BCUT2D eigenvalue weighted by atomic mass is 10.1. The zero-order chi connectivity index (χ0) is 13.3. The van der Waals surface area contributed by atoms with Crippen molar-refractivity contribution in [3.8, 4) is 0 Å².